The van der Waals surface area contributed by atoms with Crippen molar-refractivity contribution >= 4 is 11.6 Å². The van der Waals surface area contributed by atoms with Gasteiger partial charge in [-0.25, -0.2) is 4.39 Å². The first kappa shape index (κ1) is 8.02. The maximum atomic E-state index is 12.7. The van der Waals surface area contributed by atoms with Crippen molar-refractivity contribution in [3.8, 4) is 0 Å². The molecule has 0 aliphatic carbocycles. The third-order valence-electron chi connectivity index (χ3n) is 2.11. The number of hydrogen-bond donors (Lipinski definition) is 0. The second-order valence-corrected chi connectivity index (χ2v) is 3.56. The van der Waals surface area contributed by atoms with Crippen molar-refractivity contribution in [2.45, 2.75) is 12.5 Å². The Balaban J connectivity index is 2.41. The molecule has 64 valence electrons. The summed E-state index contributed by atoms with van der Waals surface area (Å²) in [5, 5.41) is 0.157. The monoisotopic (exact) mass is 186 g/mol. The molecule has 12 heavy (non-hydrogen) atoms. The standard InChI is InChI=1S/C9H8ClFO/c1-9(5-12-9)6-2-3-8(11)7(10)4-6/h2-4H,5H2,1H3. The molecule has 0 spiro atoms. The number of ether oxygens (including phenoxy) is 1. The van der Waals surface area contributed by atoms with Gasteiger partial charge in [0.25, 0.3) is 0 Å². The highest BCUT2D eigenvalue weighted by Gasteiger charge is 2.41. The van der Waals surface area contributed by atoms with E-state index in [0.29, 0.717) is 6.61 Å². The van der Waals surface area contributed by atoms with Crippen molar-refractivity contribution < 1.29 is 9.13 Å². The quantitative estimate of drug-likeness (QED) is 0.615. The number of halogens is 2. The fourth-order valence-electron chi connectivity index (χ4n) is 1.10. The first-order valence-corrected chi connectivity index (χ1v) is 4.09. The molecule has 1 heterocycles. The summed E-state index contributed by atoms with van der Waals surface area (Å²) in [7, 11) is 0. The van der Waals surface area contributed by atoms with E-state index >= 15 is 0 Å². The molecule has 0 amide bonds. The van der Waals surface area contributed by atoms with E-state index in [-0.39, 0.29) is 16.4 Å². The summed E-state index contributed by atoms with van der Waals surface area (Å²) in [5.74, 6) is -0.385. The molecule has 1 fully saturated rings. The molecule has 0 aromatic heterocycles. The van der Waals surface area contributed by atoms with Gasteiger partial charge >= 0.3 is 0 Å². The minimum absolute atomic E-state index is 0.157. The molecular weight excluding hydrogens is 179 g/mol. The van der Waals surface area contributed by atoms with E-state index in [0.717, 1.165) is 5.56 Å². The molecule has 1 aliphatic rings. The lowest BCUT2D eigenvalue weighted by atomic mass is 10.0. The maximum absolute atomic E-state index is 12.7. The molecule has 1 aliphatic heterocycles. The molecule has 1 unspecified atom stereocenters. The van der Waals surface area contributed by atoms with Gasteiger partial charge in [0.1, 0.15) is 11.4 Å². The summed E-state index contributed by atoms with van der Waals surface area (Å²) in [4.78, 5) is 0. The van der Waals surface area contributed by atoms with Crippen LogP contribution in [0.15, 0.2) is 18.2 Å². The van der Waals surface area contributed by atoms with Crippen molar-refractivity contribution in [3.63, 3.8) is 0 Å². The minimum Gasteiger partial charge on any atom is -0.365 e. The lowest BCUT2D eigenvalue weighted by Crippen LogP contribution is -2.01. The Morgan fingerprint density at radius 3 is 2.75 bits per heavy atom. The smallest absolute Gasteiger partial charge is 0.141 e. The average Bonchev–Trinajstić information content (AvgIpc) is 2.75. The summed E-state index contributed by atoms with van der Waals surface area (Å²) in [6.45, 7) is 2.64. The fraction of sp³-hybridized carbons (Fsp3) is 0.333. The van der Waals surface area contributed by atoms with E-state index in [9.17, 15) is 4.39 Å². The van der Waals surface area contributed by atoms with E-state index in [4.69, 9.17) is 16.3 Å². The molecule has 0 radical (unpaired) electrons. The normalized spacial score (nSPS) is 27.2. The Hall–Kier alpha value is -0.600. The van der Waals surface area contributed by atoms with Gasteiger partial charge < -0.3 is 4.74 Å². The molecule has 2 rings (SSSR count). The molecule has 1 saturated heterocycles. The summed E-state index contributed by atoms with van der Waals surface area (Å²) in [5.41, 5.74) is 0.714. The van der Waals surface area contributed by atoms with Crippen molar-refractivity contribution in [2.75, 3.05) is 6.61 Å². The van der Waals surface area contributed by atoms with E-state index in [2.05, 4.69) is 0 Å². The van der Waals surface area contributed by atoms with Gasteiger partial charge in [-0.05, 0) is 24.6 Å². The van der Waals surface area contributed by atoms with Gasteiger partial charge in [0.15, 0.2) is 0 Å². The zero-order valence-electron chi connectivity index (χ0n) is 6.60. The van der Waals surface area contributed by atoms with Crippen LogP contribution in [0, 0.1) is 5.82 Å². The Morgan fingerprint density at radius 1 is 1.58 bits per heavy atom. The van der Waals surface area contributed by atoms with Crippen LogP contribution in [0.5, 0.6) is 0 Å². The fourth-order valence-corrected chi connectivity index (χ4v) is 1.28. The average molecular weight is 187 g/mol. The van der Waals surface area contributed by atoms with Crippen LogP contribution in [0.25, 0.3) is 0 Å². The zero-order valence-corrected chi connectivity index (χ0v) is 7.36. The molecule has 3 heteroatoms. The van der Waals surface area contributed by atoms with E-state index < -0.39 is 0 Å². The first-order valence-electron chi connectivity index (χ1n) is 3.71. The van der Waals surface area contributed by atoms with Crippen LogP contribution in [-0.4, -0.2) is 6.61 Å². The molecule has 0 bridgehead atoms. The van der Waals surface area contributed by atoms with Crippen LogP contribution >= 0.6 is 11.6 Å². The SMILES string of the molecule is CC1(c2ccc(F)c(Cl)c2)CO1. The van der Waals surface area contributed by atoms with E-state index in [1.54, 1.807) is 12.1 Å². The van der Waals surface area contributed by atoms with Crippen molar-refractivity contribution in [1.29, 1.82) is 0 Å². The number of benzene rings is 1. The predicted molar refractivity (Wildman–Crippen MR) is 44.7 cm³/mol. The largest absolute Gasteiger partial charge is 0.365 e. The van der Waals surface area contributed by atoms with Gasteiger partial charge in [0.05, 0.1) is 11.6 Å². The Bertz CT molecular complexity index is 320. The third-order valence-corrected chi connectivity index (χ3v) is 2.40. The molecule has 1 aromatic carbocycles. The highest BCUT2D eigenvalue weighted by Crippen LogP contribution is 2.38. The van der Waals surface area contributed by atoms with Gasteiger partial charge in [0, 0.05) is 0 Å². The predicted octanol–water partition coefficient (Wildman–Crippen LogP) is 2.72. The van der Waals surface area contributed by atoms with Crippen molar-refractivity contribution in [3.05, 3.63) is 34.6 Å². The number of rotatable bonds is 1. The maximum Gasteiger partial charge on any atom is 0.141 e. The molecular formula is C9H8ClFO. The first-order chi connectivity index (χ1) is 5.62. The Kier molecular flexibility index (Phi) is 1.63. The molecule has 1 nitrogen and oxygen atoms in total. The highest BCUT2D eigenvalue weighted by molar-refractivity contribution is 6.30. The Morgan fingerprint density at radius 2 is 2.25 bits per heavy atom. The van der Waals surface area contributed by atoms with Gasteiger partial charge in [0.2, 0.25) is 0 Å². The number of epoxide rings is 1. The van der Waals surface area contributed by atoms with Crippen LogP contribution in [0.2, 0.25) is 5.02 Å². The van der Waals surface area contributed by atoms with Crippen LogP contribution < -0.4 is 0 Å². The zero-order chi connectivity index (χ0) is 8.77. The summed E-state index contributed by atoms with van der Waals surface area (Å²) < 4.78 is 17.9. The van der Waals surface area contributed by atoms with E-state index in [1.807, 2.05) is 6.92 Å². The highest BCUT2D eigenvalue weighted by atomic mass is 35.5. The van der Waals surface area contributed by atoms with Crippen LogP contribution in [-0.2, 0) is 10.3 Å². The molecule has 1 atom stereocenters. The van der Waals surface area contributed by atoms with Crippen LogP contribution in [0.4, 0.5) is 4.39 Å². The molecule has 1 aromatic rings. The summed E-state index contributed by atoms with van der Waals surface area (Å²) in [6, 6.07) is 4.68. The van der Waals surface area contributed by atoms with Gasteiger partial charge in [-0.3, -0.25) is 0 Å². The molecule has 0 N–H and O–H groups in total. The van der Waals surface area contributed by atoms with Crippen LogP contribution in [0.3, 0.4) is 0 Å². The van der Waals surface area contributed by atoms with Crippen LogP contribution in [0.1, 0.15) is 12.5 Å². The van der Waals surface area contributed by atoms with E-state index in [1.165, 1.54) is 6.07 Å². The van der Waals surface area contributed by atoms with Gasteiger partial charge in [-0.2, -0.15) is 0 Å². The second-order valence-electron chi connectivity index (χ2n) is 3.15. The Labute approximate surface area is 75.1 Å². The van der Waals surface area contributed by atoms with Gasteiger partial charge in [-0.15, -0.1) is 0 Å². The van der Waals surface area contributed by atoms with Gasteiger partial charge in [-0.1, -0.05) is 17.7 Å². The summed E-state index contributed by atoms with van der Waals surface area (Å²) in [6.07, 6.45) is 0. The molecule has 0 saturated carbocycles. The number of hydrogen-bond acceptors (Lipinski definition) is 1. The lowest BCUT2D eigenvalue weighted by Gasteiger charge is -2.05. The minimum atomic E-state index is -0.385. The topological polar surface area (TPSA) is 12.5 Å². The third kappa shape index (κ3) is 1.21. The van der Waals surface area contributed by atoms with Crippen molar-refractivity contribution in [2.24, 2.45) is 0 Å². The summed E-state index contributed by atoms with van der Waals surface area (Å²) >= 11 is 5.62. The lowest BCUT2D eigenvalue weighted by molar-refractivity contribution is 0.329. The van der Waals surface area contributed by atoms with Crippen molar-refractivity contribution in [1.82, 2.24) is 0 Å². The second kappa shape index (κ2) is 2.44.